The zero-order valence-electron chi connectivity index (χ0n) is 10.3. The Morgan fingerprint density at radius 1 is 0.889 bits per heavy atom. The fraction of sp³-hybridized carbons (Fsp3) is 0.500. The van der Waals surface area contributed by atoms with Crippen molar-refractivity contribution < 1.29 is 61.0 Å². The maximum atomic E-state index is 10.3. The number of hydrogen-bond acceptors (Lipinski definition) is 4. The predicted molar refractivity (Wildman–Crippen MR) is 59.2 cm³/mol. The van der Waals surface area contributed by atoms with Crippen molar-refractivity contribution in [1.29, 1.82) is 0 Å². The maximum Gasteiger partial charge on any atom is 2.00 e. The van der Waals surface area contributed by atoms with Crippen LogP contribution in [0.3, 0.4) is 0 Å². The van der Waals surface area contributed by atoms with Crippen LogP contribution in [0.25, 0.3) is 0 Å². The van der Waals surface area contributed by atoms with E-state index in [1.807, 2.05) is 0 Å². The average molecular weight is 341 g/mol. The molecule has 0 heterocycles. The van der Waals surface area contributed by atoms with Crippen molar-refractivity contribution in [2.24, 2.45) is 0 Å². The minimum Gasteiger partial charge on any atom is -0.481 e. The first-order chi connectivity index (χ1) is 7.78. The Labute approximate surface area is 125 Å². The Bertz CT molecular complexity index is 237. The normalized spacial score (nSPS) is 8.50. The molecule has 0 fully saturated rings. The van der Waals surface area contributed by atoms with Crippen LogP contribution in [-0.2, 0) is 40.6 Å². The first-order valence-electron chi connectivity index (χ1n) is 4.59. The van der Waals surface area contributed by atoms with Crippen molar-refractivity contribution >= 4 is 17.9 Å². The van der Waals surface area contributed by atoms with E-state index in [9.17, 15) is 14.4 Å². The van der Waals surface area contributed by atoms with Crippen molar-refractivity contribution in [2.45, 2.75) is 32.3 Å². The zero-order valence-corrected chi connectivity index (χ0v) is 12.8. The Kier molecular flexibility index (Phi) is 20.6. The number of carboxylic acids is 3. The van der Waals surface area contributed by atoms with Crippen LogP contribution in [0.2, 0.25) is 0 Å². The van der Waals surface area contributed by atoms with E-state index >= 15 is 0 Å². The molecule has 0 spiro atoms. The molecule has 104 valence electrons. The van der Waals surface area contributed by atoms with Gasteiger partial charge in [0.05, 0.1) is 12.8 Å². The standard InChI is InChI=1S/C6H8O7.2C2H5.Zr/c7-3(8)1-6(13,5(11)12)2-4(9)10;2*1-2;/h13H,1-2H2,(H,7,8)(H,9,10)(H,11,12);2*1H2,2H3;/q;2*-1;+2. The van der Waals surface area contributed by atoms with Gasteiger partial charge in [0.1, 0.15) is 0 Å². The molecule has 8 heteroatoms. The minimum absolute atomic E-state index is 0. The number of aliphatic carboxylic acids is 3. The van der Waals surface area contributed by atoms with Crippen molar-refractivity contribution in [3.05, 3.63) is 13.8 Å². The van der Waals surface area contributed by atoms with Gasteiger partial charge in [-0.3, -0.25) is 9.59 Å². The Morgan fingerprint density at radius 2 is 1.11 bits per heavy atom. The molecular formula is C10H18O7Zr. The third-order valence-corrected chi connectivity index (χ3v) is 1.29. The molecule has 18 heavy (non-hydrogen) atoms. The van der Waals surface area contributed by atoms with E-state index in [1.54, 1.807) is 13.8 Å². The molecule has 4 N–H and O–H groups in total. The van der Waals surface area contributed by atoms with Crippen LogP contribution >= 0.6 is 0 Å². The van der Waals surface area contributed by atoms with Crippen LogP contribution in [-0.4, -0.2) is 43.9 Å². The molecule has 7 nitrogen and oxygen atoms in total. The second kappa shape index (κ2) is 14.3. The fourth-order valence-corrected chi connectivity index (χ4v) is 0.714. The third-order valence-electron chi connectivity index (χ3n) is 1.29. The summed E-state index contributed by atoms with van der Waals surface area (Å²) >= 11 is 0. The quantitative estimate of drug-likeness (QED) is 0.533. The van der Waals surface area contributed by atoms with Crippen LogP contribution in [0.15, 0.2) is 0 Å². The first kappa shape index (κ1) is 25.9. The molecule has 0 saturated carbocycles. The van der Waals surface area contributed by atoms with Crippen molar-refractivity contribution in [1.82, 2.24) is 0 Å². The molecule has 0 atom stereocenters. The molecule has 0 aromatic carbocycles. The number of rotatable bonds is 5. The third kappa shape index (κ3) is 13.3. The number of aliphatic hydroxyl groups is 1. The van der Waals surface area contributed by atoms with E-state index in [0.717, 1.165) is 0 Å². The molecule has 0 aliphatic carbocycles. The van der Waals surface area contributed by atoms with Crippen LogP contribution in [0, 0.1) is 13.8 Å². The van der Waals surface area contributed by atoms with Gasteiger partial charge in [0.25, 0.3) is 0 Å². The second-order valence-corrected chi connectivity index (χ2v) is 2.48. The molecule has 0 aliphatic heterocycles. The van der Waals surface area contributed by atoms with E-state index in [2.05, 4.69) is 13.8 Å². The van der Waals surface area contributed by atoms with Crippen LogP contribution in [0.5, 0.6) is 0 Å². The Hall–Kier alpha value is -0.747. The SMILES string of the molecule is O=C(O)CC(O)(CC(=O)O)C(=O)O.[CH2-]C.[CH2-]C.[Zr+2]. The van der Waals surface area contributed by atoms with Gasteiger partial charge in [-0.2, -0.15) is 13.8 Å². The van der Waals surface area contributed by atoms with Gasteiger partial charge in [0, 0.05) is 0 Å². The van der Waals surface area contributed by atoms with Gasteiger partial charge in [-0.1, -0.05) is 0 Å². The maximum absolute atomic E-state index is 10.3. The summed E-state index contributed by atoms with van der Waals surface area (Å²) in [5.41, 5.74) is -2.74. The fourth-order valence-electron chi connectivity index (χ4n) is 0.714. The number of carbonyl (C=O) groups is 3. The number of carboxylic acid groups (broad SMARTS) is 3. The van der Waals surface area contributed by atoms with E-state index in [0.29, 0.717) is 0 Å². The van der Waals surface area contributed by atoms with E-state index in [-0.39, 0.29) is 26.2 Å². The van der Waals surface area contributed by atoms with Crippen LogP contribution in [0.4, 0.5) is 0 Å². The van der Waals surface area contributed by atoms with Gasteiger partial charge >= 0.3 is 44.1 Å². The molecule has 0 amide bonds. The molecule has 0 unspecified atom stereocenters. The molecule has 0 rings (SSSR count). The molecular weight excluding hydrogens is 323 g/mol. The monoisotopic (exact) mass is 340 g/mol. The summed E-state index contributed by atoms with van der Waals surface area (Å²) in [6.45, 7) is 10.0. The molecule has 0 radical (unpaired) electrons. The van der Waals surface area contributed by atoms with Crippen LogP contribution < -0.4 is 0 Å². The van der Waals surface area contributed by atoms with Crippen molar-refractivity contribution in [3.8, 4) is 0 Å². The van der Waals surface area contributed by atoms with E-state index in [1.165, 1.54) is 0 Å². The van der Waals surface area contributed by atoms with Gasteiger partial charge in [-0.25, -0.2) is 4.79 Å². The largest absolute Gasteiger partial charge is 2.00 e. The summed E-state index contributed by atoms with van der Waals surface area (Å²) in [5.74, 6) is -5.02. The van der Waals surface area contributed by atoms with Gasteiger partial charge in [-0.05, 0) is 0 Å². The summed E-state index contributed by atoms with van der Waals surface area (Å²) in [4.78, 5) is 30.5. The summed E-state index contributed by atoms with van der Waals surface area (Å²) in [7, 11) is 0. The Balaban J connectivity index is -0.000000177. The smallest absolute Gasteiger partial charge is 0.481 e. The first-order valence-corrected chi connectivity index (χ1v) is 4.59. The summed E-state index contributed by atoms with van der Waals surface area (Å²) in [6, 6.07) is 0. The van der Waals surface area contributed by atoms with Crippen LogP contribution in [0.1, 0.15) is 26.7 Å². The van der Waals surface area contributed by atoms with E-state index < -0.39 is 36.4 Å². The van der Waals surface area contributed by atoms with Crippen molar-refractivity contribution in [3.63, 3.8) is 0 Å². The topological polar surface area (TPSA) is 132 Å². The van der Waals surface area contributed by atoms with E-state index in [4.69, 9.17) is 20.4 Å². The minimum atomic E-state index is -2.74. The second-order valence-electron chi connectivity index (χ2n) is 2.48. The summed E-state index contributed by atoms with van der Waals surface area (Å²) < 4.78 is 0. The summed E-state index contributed by atoms with van der Waals surface area (Å²) in [6.07, 6.45) is -2.29. The summed E-state index contributed by atoms with van der Waals surface area (Å²) in [5, 5.41) is 33.8. The predicted octanol–water partition coefficient (Wildman–Crippen LogP) is 0.430. The van der Waals surface area contributed by atoms with Gasteiger partial charge < -0.3 is 34.3 Å². The van der Waals surface area contributed by atoms with Gasteiger partial charge in [0.2, 0.25) is 0 Å². The molecule has 0 aromatic heterocycles. The molecule has 0 aromatic rings. The average Bonchev–Trinajstić information content (AvgIpc) is 2.21. The molecule has 0 aliphatic rings. The number of hydrogen-bond donors (Lipinski definition) is 4. The molecule has 0 saturated heterocycles. The zero-order chi connectivity index (χ0) is 14.6. The van der Waals surface area contributed by atoms with Gasteiger partial charge in [0.15, 0.2) is 5.60 Å². The molecule has 0 bridgehead atoms. The van der Waals surface area contributed by atoms with Crippen molar-refractivity contribution in [2.75, 3.05) is 0 Å². The van der Waals surface area contributed by atoms with Gasteiger partial charge in [-0.15, -0.1) is 0 Å². The Morgan fingerprint density at radius 3 is 1.22 bits per heavy atom.